The van der Waals surface area contributed by atoms with E-state index >= 15 is 0 Å². The molecule has 6 heteroatoms. The van der Waals surface area contributed by atoms with E-state index in [4.69, 9.17) is 4.98 Å². The van der Waals surface area contributed by atoms with E-state index in [9.17, 15) is 4.79 Å². The smallest absolute Gasteiger partial charge is 0.255 e. The van der Waals surface area contributed by atoms with Crippen LogP contribution in [0.2, 0.25) is 0 Å². The normalized spacial score (nSPS) is 14.1. The molecule has 1 saturated heterocycles. The summed E-state index contributed by atoms with van der Waals surface area (Å²) in [7, 11) is 0. The molecule has 0 atom stereocenters. The Labute approximate surface area is 220 Å². The maximum Gasteiger partial charge on any atom is 0.255 e. The minimum absolute atomic E-state index is 0.133. The average Bonchev–Trinajstić information content (AvgIpc) is 3.38. The third-order valence-electron chi connectivity index (χ3n) is 6.73. The maximum absolute atomic E-state index is 13.1. The Kier molecular flexibility index (Phi) is 6.78. The Hall–Kier alpha value is -3.84. The van der Waals surface area contributed by atoms with Gasteiger partial charge in [0, 0.05) is 43.9 Å². The van der Waals surface area contributed by atoms with Gasteiger partial charge in [-0.3, -0.25) is 9.69 Å². The van der Waals surface area contributed by atoms with E-state index in [0.717, 1.165) is 65.6 Å². The van der Waals surface area contributed by atoms with Crippen molar-refractivity contribution in [3.63, 3.8) is 0 Å². The summed E-state index contributed by atoms with van der Waals surface area (Å²) in [6.45, 7) is 5.21. The molecule has 2 heterocycles. The van der Waals surface area contributed by atoms with Crippen LogP contribution in [0.15, 0.2) is 97.1 Å². The Balaban J connectivity index is 1.21. The van der Waals surface area contributed by atoms with Gasteiger partial charge in [0.2, 0.25) is 0 Å². The van der Waals surface area contributed by atoms with E-state index in [2.05, 4.69) is 45.9 Å². The van der Waals surface area contributed by atoms with Crippen LogP contribution in [0.4, 0.5) is 5.69 Å². The quantitative estimate of drug-likeness (QED) is 0.285. The number of carbonyl (C=O) groups excluding carboxylic acids is 1. The van der Waals surface area contributed by atoms with E-state index in [1.807, 2.05) is 66.7 Å². The Morgan fingerprint density at radius 1 is 0.865 bits per heavy atom. The molecule has 1 amide bonds. The van der Waals surface area contributed by atoms with Gasteiger partial charge in [-0.1, -0.05) is 60.7 Å². The van der Waals surface area contributed by atoms with Crippen molar-refractivity contribution in [3.8, 4) is 21.7 Å². The summed E-state index contributed by atoms with van der Waals surface area (Å²) in [5.74, 6) is -0.133. The van der Waals surface area contributed by atoms with E-state index in [1.54, 1.807) is 11.3 Å². The van der Waals surface area contributed by atoms with E-state index in [1.165, 1.54) is 10.3 Å². The van der Waals surface area contributed by atoms with Crippen LogP contribution in [0.1, 0.15) is 15.9 Å². The van der Waals surface area contributed by atoms with Crippen LogP contribution in [0.3, 0.4) is 0 Å². The molecule has 0 saturated carbocycles. The Morgan fingerprint density at radius 3 is 2.41 bits per heavy atom. The van der Waals surface area contributed by atoms with Crippen LogP contribution < -0.4 is 10.6 Å². The minimum atomic E-state index is -0.133. The molecule has 184 valence electrons. The molecule has 1 aromatic heterocycles. The fraction of sp³-hybridized carbons (Fsp3) is 0.161. The molecule has 1 fully saturated rings. The average molecular weight is 505 g/mol. The highest BCUT2D eigenvalue weighted by Gasteiger charge is 2.15. The lowest BCUT2D eigenvalue weighted by atomic mass is 10.0. The predicted molar refractivity (Wildman–Crippen MR) is 153 cm³/mol. The first-order valence-corrected chi connectivity index (χ1v) is 13.4. The van der Waals surface area contributed by atoms with Crippen molar-refractivity contribution in [2.75, 3.05) is 31.5 Å². The van der Waals surface area contributed by atoms with Gasteiger partial charge in [0.1, 0.15) is 5.01 Å². The standard InChI is InChI=1S/C31H28N4OS/c36-30(25-13-11-24(12-14-25)23-6-2-1-3-7-23)33-27-9-5-4-8-26(27)31-34-28-15-10-22(20-29(28)37-31)21-35-18-16-32-17-19-35/h1-15,20,32H,16-19,21H2,(H,33,36). The van der Waals surface area contributed by atoms with Crippen LogP contribution in [-0.2, 0) is 6.54 Å². The first-order valence-electron chi connectivity index (χ1n) is 12.6. The molecule has 5 nitrogen and oxygen atoms in total. The fourth-order valence-electron chi connectivity index (χ4n) is 4.73. The molecule has 1 aliphatic heterocycles. The summed E-state index contributed by atoms with van der Waals surface area (Å²) >= 11 is 1.67. The number of benzene rings is 4. The van der Waals surface area contributed by atoms with Crippen molar-refractivity contribution in [2.24, 2.45) is 0 Å². The number of thiazole rings is 1. The summed E-state index contributed by atoms with van der Waals surface area (Å²) in [6, 6.07) is 32.3. The molecule has 0 radical (unpaired) electrons. The number of para-hydroxylation sites is 1. The van der Waals surface area contributed by atoms with Crippen LogP contribution in [0, 0.1) is 0 Å². The molecule has 1 aliphatic rings. The zero-order valence-electron chi connectivity index (χ0n) is 20.5. The number of carbonyl (C=O) groups is 1. The van der Waals surface area contributed by atoms with Crippen LogP contribution in [0.25, 0.3) is 31.9 Å². The van der Waals surface area contributed by atoms with Crippen LogP contribution >= 0.6 is 11.3 Å². The van der Waals surface area contributed by atoms with Crippen molar-refractivity contribution in [1.29, 1.82) is 0 Å². The number of aromatic nitrogens is 1. The lowest BCUT2D eigenvalue weighted by molar-refractivity contribution is 0.102. The molecule has 2 N–H and O–H groups in total. The van der Waals surface area contributed by atoms with Crippen LogP contribution in [-0.4, -0.2) is 42.0 Å². The SMILES string of the molecule is O=C(Nc1ccccc1-c1nc2ccc(CN3CCNCC3)cc2s1)c1ccc(-c2ccccc2)cc1. The first kappa shape index (κ1) is 23.6. The zero-order valence-corrected chi connectivity index (χ0v) is 21.3. The molecule has 0 spiro atoms. The fourth-order valence-corrected chi connectivity index (χ4v) is 5.80. The third-order valence-corrected chi connectivity index (χ3v) is 7.78. The molecular weight excluding hydrogens is 476 g/mol. The monoisotopic (exact) mass is 504 g/mol. The maximum atomic E-state index is 13.1. The number of piperazine rings is 1. The van der Waals surface area contributed by atoms with Gasteiger partial charge in [-0.2, -0.15) is 0 Å². The zero-order chi connectivity index (χ0) is 25.0. The van der Waals surface area contributed by atoms with Crippen molar-refractivity contribution >= 4 is 33.1 Å². The van der Waals surface area contributed by atoms with Gasteiger partial charge in [0.25, 0.3) is 5.91 Å². The number of rotatable bonds is 6. The largest absolute Gasteiger partial charge is 0.321 e. The molecule has 6 rings (SSSR count). The van der Waals surface area contributed by atoms with Gasteiger partial charge >= 0.3 is 0 Å². The number of nitrogens with zero attached hydrogens (tertiary/aromatic N) is 2. The van der Waals surface area contributed by atoms with Gasteiger partial charge in [0.05, 0.1) is 15.9 Å². The first-order chi connectivity index (χ1) is 18.2. The summed E-state index contributed by atoms with van der Waals surface area (Å²) in [5.41, 5.74) is 6.83. The molecule has 0 unspecified atom stereocenters. The highest BCUT2D eigenvalue weighted by atomic mass is 32.1. The summed E-state index contributed by atoms with van der Waals surface area (Å²) in [6.07, 6.45) is 0. The molecular formula is C31H28N4OS. The number of nitrogens with one attached hydrogen (secondary N) is 2. The van der Waals surface area contributed by atoms with Gasteiger partial charge in [-0.25, -0.2) is 4.98 Å². The molecule has 0 aliphatic carbocycles. The predicted octanol–water partition coefficient (Wildman–Crippen LogP) is 6.29. The van der Waals surface area contributed by atoms with Crippen LogP contribution in [0.5, 0.6) is 0 Å². The Morgan fingerprint density at radius 2 is 1.59 bits per heavy atom. The second kappa shape index (κ2) is 10.6. The second-order valence-electron chi connectivity index (χ2n) is 9.29. The third kappa shape index (κ3) is 5.32. The number of hydrogen-bond acceptors (Lipinski definition) is 5. The summed E-state index contributed by atoms with van der Waals surface area (Å²) in [4.78, 5) is 20.5. The molecule has 4 aromatic carbocycles. The lowest BCUT2D eigenvalue weighted by Crippen LogP contribution is -2.42. The van der Waals surface area contributed by atoms with E-state index < -0.39 is 0 Å². The van der Waals surface area contributed by atoms with Gasteiger partial charge in [0.15, 0.2) is 0 Å². The van der Waals surface area contributed by atoms with Gasteiger partial charge in [-0.05, 0) is 53.1 Å². The topological polar surface area (TPSA) is 57.3 Å². The van der Waals surface area contributed by atoms with Crippen molar-refractivity contribution in [2.45, 2.75) is 6.54 Å². The van der Waals surface area contributed by atoms with Crippen molar-refractivity contribution in [1.82, 2.24) is 15.2 Å². The molecule has 37 heavy (non-hydrogen) atoms. The van der Waals surface area contributed by atoms with Crippen molar-refractivity contribution in [3.05, 3.63) is 108 Å². The van der Waals surface area contributed by atoms with Gasteiger partial charge < -0.3 is 10.6 Å². The van der Waals surface area contributed by atoms with E-state index in [-0.39, 0.29) is 5.91 Å². The summed E-state index contributed by atoms with van der Waals surface area (Å²) in [5, 5.41) is 7.43. The molecule has 0 bridgehead atoms. The number of anilines is 1. The van der Waals surface area contributed by atoms with Gasteiger partial charge in [-0.15, -0.1) is 11.3 Å². The van der Waals surface area contributed by atoms with Crippen molar-refractivity contribution < 1.29 is 4.79 Å². The lowest BCUT2D eigenvalue weighted by Gasteiger charge is -2.27. The number of amides is 1. The number of hydrogen-bond donors (Lipinski definition) is 2. The highest BCUT2D eigenvalue weighted by molar-refractivity contribution is 7.21. The second-order valence-corrected chi connectivity index (χ2v) is 10.3. The Bertz CT molecular complexity index is 1520. The van der Waals surface area contributed by atoms with E-state index in [0.29, 0.717) is 5.56 Å². The summed E-state index contributed by atoms with van der Waals surface area (Å²) < 4.78 is 1.17. The number of fused-ring (bicyclic) bond motifs is 1. The highest BCUT2D eigenvalue weighted by Crippen LogP contribution is 2.35. The molecule has 5 aromatic rings. The minimum Gasteiger partial charge on any atom is -0.321 e.